The second-order valence-corrected chi connectivity index (χ2v) is 5.32. The molecule has 1 aromatic carbocycles. The Balaban J connectivity index is 1.82. The second-order valence-electron chi connectivity index (χ2n) is 5.32. The molecule has 0 saturated carbocycles. The third kappa shape index (κ3) is 4.25. The van der Waals surface area contributed by atoms with E-state index in [4.69, 9.17) is 0 Å². The van der Waals surface area contributed by atoms with Gasteiger partial charge in [0.1, 0.15) is 0 Å². The molecule has 0 spiro atoms. The van der Waals surface area contributed by atoms with Crippen LogP contribution in [0, 0.1) is 5.92 Å². The number of nitrogens with zero attached hydrogens (tertiary/aromatic N) is 1. The molecule has 1 aliphatic rings. The normalized spacial score (nSPS) is 18.1. The molecule has 1 heterocycles. The number of benzene rings is 1. The largest absolute Gasteiger partial charge is 0.319 e. The molecule has 1 fully saturated rings. The summed E-state index contributed by atoms with van der Waals surface area (Å²) in [6.45, 7) is 4.17. The van der Waals surface area contributed by atoms with E-state index in [0.29, 0.717) is 0 Å². The van der Waals surface area contributed by atoms with Crippen molar-refractivity contribution in [3.63, 3.8) is 0 Å². The van der Waals surface area contributed by atoms with Gasteiger partial charge in [0.05, 0.1) is 0 Å². The molecule has 1 aliphatic heterocycles. The fraction of sp³-hybridized carbons (Fsp3) is 0.600. The van der Waals surface area contributed by atoms with E-state index >= 15 is 0 Å². The molecule has 1 N–H and O–H groups in total. The molecule has 2 rings (SSSR count). The first-order valence-electron chi connectivity index (χ1n) is 6.93. The average Bonchev–Trinajstić information content (AvgIpc) is 2.42. The number of rotatable bonds is 5. The van der Waals surface area contributed by atoms with Crippen LogP contribution in [0.1, 0.15) is 30.4 Å². The summed E-state index contributed by atoms with van der Waals surface area (Å²) in [5, 5.41) is 3.23. The Morgan fingerprint density at radius 3 is 2.37 bits per heavy atom. The predicted molar refractivity (Wildman–Crippen MR) is 73.3 cm³/mol. The van der Waals surface area contributed by atoms with E-state index in [2.05, 4.69) is 10.2 Å². The van der Waals surface area contributed by atoms with Crippen molar-refractivity contribution in [1.29, 1.82) is 0 Å². The molecule has 0 atom stereocenters. The second kappa shape index (κ2) is 6.96. The van der Waals surface area contributed by atoms with Crippen LogP contribution >= 0.6 is 0 Å². The first-order valence-corrected chi connectivity index (χ1v) is 6.93. The predicted octanol–water partition coefficient (Wildman–Crippen LogP) is 3.06. The van der Waals surface area contributed by atoms with E-state index in [1.165, 1.54) is 25.0 Å². The zero-order valence-electron chi connectivity index (χ0n) is 11.4. The number of nitrogens with one attached hydrogen (secondary N) is 1. The van der Waals surface area contributed by atoms with E-state index < -0.39 is 6.43 Å². The quantitative estimate of drug-likeness (QED) is 0.883. The molecule has 19 heavy (non-hydrogen) atoms. The maximum Gasteiger partial charge on any atom is 0.263 e. The highest BCUT2D eigenvalue weighted by Crippen LogP contribution is 2.21. The number of likely N-dealkylation sites (tertiary alicyclic amines) is 1. The third-order valence-corrected chi connectivity index (χ3v) is 3.84. The van der Waals surface area contributed by atoms with E-state index in [9.17, 15) is 8.78 Å². The van der Waals surface area contributed by atoms with Gasteiger partial charge in [-0.25, -0.2) is 8.78 Å². The van der Waals surface area contributed by atoms with Crippen LogP contribution in [0.5, 0.6) is 0 Å². The number of piperidine rings is 1. The Kier molecular flexibility index (Phi) is 5.28. The van der Waals surface area contributed by atoms with Gasteiger partial charge in [-0.05, 0) is 51.0 Å². The fourth-order valence-corrected chi connectivity index (χ4v) is 2.66. The summed E-state index contributed by atoms with van der Waals surface area (Å²) < 4.78 is 24.9. The van der Waals surface area contributed by atoms with Crippen molar-refractivity contribution in [1.82, 2.24) is 10.2 Å². The summed E-state index contributed by atoms with van der Waals surface area (Å²) in [7, 11) is 2.00. The van der Waals surface area contributed by atoms with Gasteiger partial charge in [0.25, 0.3) is 6.43 Å². The molecule has 106 valence electrons. The molecule has 0 bridgehead atoms. The van der Waals surface area contributed by atoms with Gasteiger partial charge in [0, 0.05) is 12.1 Å². The monoisotopic (exact) mass is 268 g/mol. The molecular formula is C15H22F2N2. The first-order chi connectivity index (χ1) is 9.19. The number of hydrogen-bond donors (Lipinski definition) is 1. The van der Waals surface area contributed by atoms with Gasteiger partial charge >= 0.3 is 0 Å². The van der Waals surface area contributed by atoms with Crippen LogP contribution in [0.2, 0.25) is 0 Å². The Labute approximate surface area is 113 Å². The molecule has 0 aliphatic carbocycles. The molecule has 4 heteroatoms. The lowest BCUT2D eigenvalue weighted by Gasteiger charge is -2.31. The number of alkyl halides is 2. The zero-order valence-corrected chi connectivity index (χ0v) is 11.4. The van der Waals surface area contributed by atoms with Gasteiger partial charge in [-0.3, -0.25) is 4.90 Å². The Bertz CT molecular complexity index is 370. The highest BCUT2D eigenvalue weighted by molar-refractivity contribution is 5.23. The minimum absolute atomic E-state index is 0.108. The average molecular weight is 268 g/mol. The summed E-state index contributed by atoms with van der Waals surface area (Å²) in [6, 6.07) is 6.71. The lowest BCUT2D eigenvalue weighted by Crippen LogP contribution is -2.36. The Morgan fingerprint density at radius 1 is 1.21 bits per heavy atom. The summed E-state index contributed by atoms with van der Waals surface area (Å²) in [4.78, 5) is 2.41. The minimum Gasteiger partial charge on any atom is -0.319 e. The topological polar surface area (TPSA) is 15.3 Å². The van der Waals surface area contributed by atoms with Crippen molar-refractivity contribution in [2.24, 2.45) is 5.92 Å². The summed E-state index contributed by atoms with van der Waals surface area (Å²) in [5.74, 6) is 0.780. The Morgan fingerprint density at radius 2 is 1.84 bits per heavy atom. The van der Waals surface area contributed by atoms with Gasteiger partial charge < -0.3 is 5.32 Å². The molecule has 0 unspecified atom stereocenters. The van der Waals surface area contributed by atoms with Gasteiger partial charge in [0.15, 0.2) is 0 Å². The smallest absolute Gasteiger partial charge is 0.263 e. The number of halogens is 2. The van der Waals surface area contributed by atoms with E-state index in [-0.39, 0.29) is 5.56 Å². The minimum atomic E-state index is -2.37. The highest BCUT2D eigenvalue weighted by atomic mass is 19.3. The van der Waals surface area contributed by atoms with Crippen molar-refractivity contribution >= 4 is 0 Å². The standard InChI is InChI=1S/C15H22F2N2/c1-18-10-12-6-8-19(9-7-12)11-13-2-4-14(5-3-13)15(16)17/h2-5,12,15,18H,6-11H2,1H3. The molecule has 1 aromatic rings. The van der Waals surface area contributed by atoms with Gasteiger partial charge in [-0.15, -0.1) is 0 Å². The molecule has 0 amide bonds. The SMILES string of the molecule is CNCC1CCN(Cc2ccc(C(F)F)cc2)CC1. The molecule has 0 radical (unpaired) electrons. The molecule has 2 nitrogen and oxygen atoms in total. The summed E-state index contributed by atoms with van der Waals surface area (Å²) >= 11 is 0. The van der Waals surface area contributed by atoms with Crippen LogP contribution in [0.25, 0.3) is 0 Å². The van der Waals surface area contributed by atoms with Crippen molar-refractivity contribution < 1.29 is 8.78 Å². The van der Waals surface area contributed by atoms with Crippen LogP contribution in [0.3, 0.4) is 0 Å². The molecule has 0 aromatic heterocycles. The van der Waals surface area contributed by atoms with Crippen LogP contribution in [0.15, 0.2) is 24.3 Å². The highest BCUT2D eigenvalue weighted by Gasteiger charge is 2.18. The first kappa shape index (κ1) is 14.4. The molecule has 1 saturated heterocycles. The van der Waals surface area contributed by atoms with Gasteiger partial charge in [-0.1, -0.05) is 24.3 Å². The van der Waals surface area contributed by atoms with Gasteiger partial charge in [-0.2, -0.15) is 0 Å². The van der Waals surface area contributed by atoms with Crippen molar-refractivity contribution in [3.05, 3.63) is 35.4 Å². The maximum atomic E-state index is 12.5. The number of hydrogen-bond acceptors (Lipinski definition) is 2. The maximum absolute atomic E-state index is 12.5. The van der Waals surface area contributed by atoms with Crippen molar-refractivity contribution in [2.45, 2.75) is 25.8 Å². The van der Waals surface area contributed by atoms with E-state index in [1.807, 2.05) is 19.2 Å². The lowest BCUT2D eigenvalue weighted by molar-refractivity contribution is 0.151. The third-order valence-electron chi connectivity index (χ3n) is 3.84. The zero-order chi connectivity index (χ0) is 13.7. The van der Waals surface area contributed by atoms with Crippen LogP contribution in [0.4, 0.5) is 8.78 Å². The van der Waals surface area contributed by atoms with E-state index in [1.54, 1.807) is 0 Å². The van der Waals surface area contributed by atoms with Crippen molar-refractivity contribution in [3.8, 4) is 0 Å². The van der Waals surface area contributed by atoms with Crippen LogP contribution < -0.4 is 5.32 Å². The van der Waals surface area contributed by atoms with E-state index in [0.717, 1.165) is 37.7 Å². The van der Waals surface area contributed by atoms with Gasteiger partial charge in [0.2, 0.25) is 0 Å². The van der Waals surface area contributed by atoms with Crippen LogP contribution in [-0.2, 0) is 6.54 Å². The van der Waals surface area contributed by atoms with Crippen molar-refractivity contribution in [2.75, 3.05) is 26.7 Å². The lowest BCUT2D eigenvalue weighted by atomic mass is 9.96. The summed E-state index contributed by atoms with van der Waals surface area (Å²) in [6.07, 6.45) is 0.0673. The Hall–Kier alpha value is -1.00. The molecular weight excluding hydrogens is 246 g/mol. The summed E-state index contributed by atoms with van der Waals surface area (Å²) in [5.41, 5.74) is 1.23. The van der Waals surface area contributed by atoms with Crippen LogP contribution in [-0.4, -0.2) is 31.6 Å². The fourth-order valence-electron chi connectivity index (χ4n) is 2.66.